The van der Waals surface area contributed by atoms with Crippen LogP contribution in [0.3, 0.4) is 0 Å². The molecule has 0 radical (unpaired) electrons. The molecule has 0 aromatic carbocycles. The quantitative estimate of drug-likeness (QED) is 0.870. The Morgan fingerprint density at radius 1 is 1.48 bits per heavy atom. The lowest BCUT2D eigenvalue weighted by molar-refractivity contribution is 0.0745. The van der Waals surface area contributed by atoms with Crippen LogP contribution in [0, 0.1) is 5.92 Å². The lowest BCUT2D eigenvalue weighted by Gasteiger charge is -2.24. The van der Waals surface area contributed by atoms with Gasteiger partial charge in [0.25, 0.3) is 5.91 Å². The predicted octanol–water partition coefficient (Wildman–Crippen LogP) is 2.98. The number of nitrogens with zero attached hydrogens (tertiary/aromatic N) is 3. The molecule has 1 saturated carbocycles. The van der Waals surface area contributed by atoms with Crippen LogP contribution in [0.1, 0.15) is 61.3 Å². The van der Waals surface area contributed by atoms with E-state index in [4.69, 9.17) is 8.94 Å². The average Bonchev–Trinajstić information content (AvgIpc) is 3.27. The molecule has 3 heterocycles. The molecule has 2 atom stereocenters. The van der Waals surface area contributed by atoms with Gasteiger partial charge in [0.2, 0.25) is 5.89 Å². The first-order chi connectivity index (χ1) is 11.1. The summed E-state index contributed by atoms with van der Waals surface area (Å²) in [4.78, 5) is 19.1. The molecule has 4 rings (SSSR count). The number of hydrogen-bond acceptors (Lipinski definition) is 5. The van der Waals surface area contributed by atoms with Crippen molar-refractivity contribution in [2.45, 2.75) is 44.4 Å². The molecule has 23 heavy (non-hydrogen) atoms. The number of carbonyl (C=O) groups is 1. The number of carbonyl (C=O) groups excluding carboxylic acids is 1. The molecule has 6 heteroatoms. The van der Waals surface area contributed by atoms with Crippen molar-refractivity contribution < 1.29 is 13.7 Å². The van der Waals surface area contributed by atoms with Gasteiger partial charge >= 0.3 is 0 Å². The van der Waals surface area contributed by atoms with Crippen LogP contribution >= 0.6 is 0 Å². The third-order valence-corrected chi connectivity index (χ3v) is 5.27. The van der Waals surface area contributed by atoms with E-state index in [9.17, 15) is 4.79 Å². The molecule has 2 unspecified atom stereocenters. The Bertz CT molecular complexity index is 707. The number of likely N-dealkylation sites (tertiary alicyclic amines) is 1. The first kappa shape index (κ1) is 14.5. The number of fused-ring (bicyclic) bond motifs is 1. The van der Waals surface area contributed by atoms with Crippen molar-refractivity contribution in [3.63, 3.8) is 0 Å². The molecule has 0 N–H and O–H groups in total. The van der Waals surface area contributed by atoms with Gasteiger partial charge in [0.05, 0.1) is 11.7 Å². The highest BCUT2D eigenvalue weighted by Gasteiger charge is 2.54. The molecule has 0 bridgehead atoms. The lowest BCUT2D eigenvalue weighted by Crippen LogP contribution is -2.35. The molecule has 6 nitrogen and oxygen atoms in total. The van der Waals surface area contributed by atoms with E-state index in [1.165, 1.54) is 6.26 Å². The Balaban J connectivity index is 1.63. The highest BCUT2D eigenvalue weighted by Crippen LogP contribution is 2.49. The van der Waals surface area contributed by atoms with Gasteiger partial charge in [-0.3, -0.25) is 4.79 Å². The van der Waals surface area contributed by atoms with Crippen molar-refractivity contribution in [1.29, 1.82) is 0 Å². The van der Waals surface area contributed by atoms with E-state index < -0.39 is 0 Å². The monoisotopic (exact) mass is 315 g/mol. The summed E-state index contributed by atoms with van der Waals surface area (Å²) in [6.45, 7) is 5.48. The van der Waals surface area contributed by atoms with Crippen LogP contribution in [-0.4, -0.2) is 34.0 Å². The number of aromatic nitrogens is 2. The van der Waals surface area contributed by atoms with Crippen LogP contribution in [0.25, 0.3) is 0 Å². The summed E-state index contributed by atoms with van der Waals surface area (Å²) in [6, 6.07) is 3.46. The second kappa shape index (κ2) is 5.22. The van der Waals surface area contributed by atoms with Crippen LogP contribution in [0.15, 0.2) is 27.3 Å². The Labute approximate surface area is 134 Å². The van der Waals surface area contributed by atoms with Crippen LogP contribution < -0.4 is 0 Å². The fraction of sp³-hybridized carbons (Fsp3) is 0.588. The Morgan fingerprint density at radius 3 is 3.04 bits per heavy atom. The molecule has 1 amide bonds. The van der Waals surface area contributed by atoms with E-state index in [0.29, 0.717) is 24.1 Å². The molecule has 2 aromatic heterocycles. The fourth-order valence-electron chi connectivity index (χ4n) is 4.04. The zero-order chi connectivity index (χ0) is 16.0. The zero-order valence-electron chi connectivity index (χ0n) is 13.5. The first-order valence-electron chi connectivity index (χ1n) is 8.27. The van der Waals surface area contributed by atoms with Gasteiger partial charge < -0.3 is 13.8 Å². The van der Waals surface area contributed by atoms with Gasteiger partial charge in [-0.25, -0.2) is 0 Å². The third kappa shape index (κ3) is 2.19. The van der Waals surface area contributed by atoms with Crippen molar-refractivity contribution in [3.05, 3.63) is 35.9 Å². The van der Waals surface area contributed by atoms with Gasteiger partial charge in [-0.1, -0.05) is 25.4 Å². The summed E-state index contributed by atoms with van der Waals surface area (Å²) in [5.74, 6) is 2.43. The minimum absolute atomic E-state index is 0.0450. The highest BCUT2D eigenvalue weighted by molar-refractivity contribution is 5.91. The van der Waals surface area contributed by atoms with E-state index in [1.807, 2.05) is 18.7 Å². The average molecular weight is 315 g/mol. The molecule has 1 aliphatic heterocycles. The molecule has 2 aromatic rings. The predicted molar refractivity (Wildman–Crippen MR) is 82.0 cm³/mol. The summed E-state index contributed by atoms with van der Waals surface area (Å²) in [7, 11) is 0. The van der Waals surface area contributed by atoms with Crippen molar-refractivity contribution in [2.75, 3.05) is 13.1 Å². The maximum atomic E-state index is 12.6. The number of furan rings is 1. The minimum atomic E-state index is -0.154. The van der Waals surface area contributed by atoms with E-state index in [-0.39, 0.29) is 17.2 Å². The number of hydrogen-bond donors (Lipinski definition) is 0. The SMILES string of the molecule is CC(C)c1nc(C23CCCC2CN(C(=O)c2ccco2)C3)no1. The van der Waals surface area contributed by atoms with E-state index >= 15 is 0 Å². The Kier molecular flexibility index (Phi) is 3.28. The summed E-state index contributed by atoms with van der Waals surface area (Å²) in [5.41, 5.74) is -0.154. The number of rotatable bonds is 3. The summed E-state index contributed by atoms with van der Waals surface area (Å²) in [5, 5.41) is 4.26. The van der Waals surface area contributed by atoms with Crippen LogP contribution in [0.4, 0.5) is 0 Å². The smallest absolute Gasteiger partial charge is 0.289 e. The van der Waals surface area contributed by atoms with Gasteiger partial charge in [0.1, 0.15) is 0 Å². The molecular formula is C17H21N3O3. The zero-order valence-corrected chi connectivity index (χ0v) is 13.5. The van der Waals surface area contributed by atoms with Crippen molar-refractivity contribution in [3.8, 4) is 0 Å². The van der Waals surface area contributed by atoms with Crippen LogP contribution in [-0.2, 0) is 5.41 Å². The van der Waals surface area contributed by atoms with Gasteiger partial charge in [0.15, 0.2) is 11.6 Å². The maximum absolute atomic E-state index is 12.6. The number of amides is 1. The van der Waals surface area contributed by atoms with Crippen LogP contribution in [0.2, 0.25) is 0 Å². The molecular weight excluding hydrogens is 294 g/mol. The van der Waals surface area contributed by atoms with Gasteiger partial charge in [-0.05, 0) is 30.9 Å². The second-order valence-corrected chi connectivity index (χ2v) is 7.02. The van der Waals surface area contributed by atoms with E-state index in [1.54, 1.807) is 12.1 Å². The molecule has 2 aliphatic rings. The largest absolute Gasteiger partial charge is 0.459 e. The molecule has 1 aliphatic carbocycles. The normalized spacial score (nSPS) is 26.9. The summed E-state index contributed by atoms with van der Waals surface area (Å²) < 4.78 is 10.7. The Hall–Kier alpha value is -2.11. The van der Waals surface area contributed by atoms with Gasteiger partial charge in [-0.2, -0.15) is 4.98 Å². The molecule has 1 saturated heterocycles. The summed E-state index contributed by atoms with van der Waals surface area (Å²) >= 11 is 0. The first-order valence-corrected chi connectivity index (χ1v) is 8.27. The lowest BCUT2D eigenvalue weighted by atomic mass is 9.80. The third-order valence-electron chi connectivity index (χ3n) is 5.27. The van der Waals surface area contributed by atoms with Crippen molar-refractivity contribution in [2.24, 2.45) is 5.92 Å². The maximum Gasteiger partial charge on any atom is 0.289 e. The highest BCUT2D eigenvalue weighted by atomic mass is 16.5. The van der Waals surface area contributed by atoms with Gasteiger partial charge in [-0.15, -0.1) is 0 Å². The van der Waals surface area contributed by atoms with E-state index in [2.05, 4.69) is 10.1 Å². The minimum Gasteiger partial charge on any atom is -0.459 e. The Morgan fingerprint density at radius 2 is 2.35 bits per heavy atom. The van der Waals surface area contributed by atoms with Gasteiger partial charge in [0, 0.05) is 19.0 Å². The molecule has 2 fully saturated rings. The fourth-order valence-corrected chi connectivity index (χ4v) is 4.04. The molecule has 122 valence electrons. The van der Waals surface area contributed by atoms with Crippen LogP contribution in [0.5, 0.6) is 0 Å². The topological polar surface area (TPSA) is 72.4 Å². The standard InChI is InChI=1S/C17H21N3O3/c1-11(2)14-18-16(19-23-14)17-7-3-5-12(17)9-20(10-17)15(21)13-6-4-8-22-13/h4,6,8,11-12H,3,5,7,9-10H2,1-2H3. The second-order valence-electron chi connectivity index (χ2n) is 7.02. The summed E-state index contributed by atoms with van der Waals surface area (Å²) in [6.07, 6.45) is 4.80. The molecule has 0 spiro atoms. The van der Waals surface area contributed by atoms with Crippen molar-refractivity contribution in [1.82, 2.24) is 15.0 Å². The van der Waals surface area contributed by atoms with Crippen molar-refractivity contribution >= 4 is 5.91 Å². The van der Waals surface area contributed by atoms with E-state index in [0.717, 1.165) is 31.6 Å².